The van der Waals surface area contributed by atoms with E-state index in [-0.39, 0.29) is 5.54 Å². The van der Waals surface area contributed by atoms with E-state index < -0.39 is 0 Å². The minimum atomic E-state index is 0.00622. The molecule has 70 valence electrons. The highest BCUT2D eigenvalue weighted by molar-refractivity contribution is 5.29. The molecule has 0 spiro atoms. The Morgan fingerprint density at radius 3 is 2.23 bits per heavy atom. The van der Waals surface area contributed by atoms with Crippen molar-refractivity contribution in [1.82, 2.24) is 0 Å². The molecule has 0 bridgehead atoms. The van der Waals surface area contributed by atoms with Crippen LogP contribution in [0.5, 0.6) is 0 Å². The van der Waals surface area contributed by atoms with E-state index in [2.05, 4.69) is 31.2 Å². The number of nitrogens with two attached hydrogens (primary N) is 1. The van der Waals surface area contributed by atoms with Crippen LogP contribution in [0, 0.1) is 0 Å². The minimum absolute atomic E-state index is 0.00622. The van der Waals surface area contributed by atoms with Crippen LogP contribution in [-0.4, -0.2) is 0 Å². The van der Waals surface area contributed by atoms with Gasteiger partial charge in [-0.2, -0.15) is 0 Å². The lowest BCUT2D eigenvalue weighted by atomic mass is 9.73. The lowest BCUT2D eigenvalue weighted by Gasteiger charge is -2.38. The zero-order chi connectivity index (χ0) is 9.31. The van der Waals surface area contributed by atoms with Crippen LogP contribution < -0.4 is 5.73 Å². The number of benzene rings is 1. The summed E-state index contributed by atoms with van der Waals surface area (Å²) >= 11 is 0. The molecule has 2 rings (SSSR count). The Kier molecular flexibility index (Phi) is 2.12. The summed E-state index contributed by atoms with van der Waals surface area (Å²) in [4.78, 5) is 0. The largest absolute Gasteiger partial charge is 0.321 e. The van der Waals surface area contributed by atoms with Crippen molar-refractivity contribution in [3.05, 3.63) is 35.4 Å². The van der Waals surface area contributed by atoms with Gasteiger partial charge in [0.05, 0.1) is 0 Å². The van der Waals surface area contributed by atoms with Crippen molar-refractivity contribution in [3.8, 4) is 0 Å². The average molecular weight is 175 g/mol. The third-order valence-corrected chi connectivity index (χ3v) is 3.18. The third kappa shape index (κ3) is 1.49. The van der Waals surface area contributed by atoms with Crippen molar-refractivity contribution in [1.29, 1.82) is 0 Å². The predicted molar refractivity (Wildman–Crippen MR) is 55.5 cm³/mol. The first-order valence-corrected chi connectivity index (χ1v) is 5.13. The van der Waals surface area contributed by atoms with Crippen LogP contribution in [0.1, 0.15) is 37.3 Å². The third-order valence-electron chi connectivity index (χ3n) is 3.18. The molecule has 1 fully saturated rings. The highest BCUT2D eigenvalue weighted by Gasteiger charge is 2.33. The maximum Gasteiger partial charge on any atom is 0.0409 e. The van der Waals surface area contributed by atoms with E-state index in [0.717, 1.165) is 19.3 Å². The normalized spacial score (nSPS) is 19.5. The lowest BCUT2D eigenvalue weighted by molar-refractivity contribution is 0.253. The highest BCUT2D eigenvalue weighted by Crippen LogP contribution is 2.38. The average Bonchev–Trinajstić information content (AvgIpc) is 2.14. The van der Waals surface area contributed by atoms with Gasteiger partial charge < -0.3 is 5.73 Å². The van der Waals surface area contributed by atoms with Crippen molar-refractivity contribution in [3.63, 3.8) is 0 Å². The minimum Gasteiger partial charge on any atom is -0.321 e. The smallest absolute Gasteiger partial charge is 0.0409 e. The zero-order valence-corrected chi connectivity index (χ0v) is 8.22. The summed E-state index contributed by atoms with van der Waals surface area (Å²) in [5.41, 5.74) is 8.93. The molecule has 1 saturated carbocycles. The van der Waals surface area contributed by atoms with E-state index in [0.29, 0.717) is 0 Å². The fourth-order valence-corrected chi connectivity index (χ4v) is 1.92. The van der Waals surface area contributed by atoms with Crippen molar-refractivity contribution >= 4 is 0 Å². The molecule has 1 heteroatoms. The molecule has 0 radical (unpaired) electrons. The number of rotatable bonds is 2. The van der Waals surface area contributed by atoms with Gasteiger partial charge in [0, 0.05) is 5.54 Å². The second-order valence-electron chi connectivity index (χ2n) is 4.06. The molecule has 0 aromatic heterocycles. The van der Waals surface area contributed by atoms with Crippen LogP contribution in [-0.2, 0) is 12.0 Å². The van der Waals surface area contributed by atoms with E-state index in [1.165, 1.54) is 17.5 Å². The Morgan fingerprint density at radius 2 is 1.85 bits per heavy atom. The SMILES string of the molecule is CCc1ccc(C2(N)CCC2)cc1. The van der Waals surface area contributed by atoms with Gasteiger partial charge in [0.25, 0.3) is 0 Å². The molecule has 1 aliphatic rings. The monoisotopic (exact) mass is 175 g/mol. The topological polar surface area (TPSA) is 26.0 Å². The standard InChI is InChI=1S/C12H17N/c1-2-10-4-6-11(7-5-10)12(13)8-3-9-12/h4-7H,2-3,8-9,13H2,1H3. The Balaban J connectivity index is 2.22. The zero-order valence-electron chi connectivity index (χ0n) is 8.22. The van der Waals surface area contributed by atoms with Crippen molar-refractivity contribution < 1.29 is 0 Å². The first-order valence-electron chi connectivity index (χ1n) is 5.13. The van der Waals surface area contributed by atoms with Crippen molar-refractivity contribution in [2.75, 3.05) is 0 Å². The van der Waals surface area contributed by atoms with E-state index in [1.54, 1.807) is 0 Å². The van der Waals surface area contributed by atoms with Crippen LogP contribution in [0.25, 0.3) is 0 Å². The summed E-state index contributed by atoms with van der Waals surface area (Å²) in [5.74, 6) is 0. The molecule has 2 N–H and O–H groups in total. The number of hydrogen-bond acceptors (Lipinski definition) is 1. The summed E-state index contributed by atoms with van der Waals surface area (Å²) < 4.78 is 0. The Bertz CT molecular complexity index is 282. The van der Waals surface area contributed by atoms with E-state index in [9.17, 15) is 0 Å². The molecule has 13 heavy (non-hydrogen) atoms. The van der Waals surface area contributed by atoms with E-state index >= 15 is 0 Å². The van der Waals surface area contributed by atoms with Gasteiger partial charge in [-0.15, -0.1) is 0 Å². The first kappa shape index (κ1) is 8.76. The molecule has 0 atom stereocenters. The summed E-state index contributed by atoms with van der Waals surface area (Å²) in [5, 5.41) is 0. The second kappa shape index (κ2) is 3.15. The summed E-state index contributed by atoms with van der Waals surface area (Å²) in [6.45, 7) is 2.18. The molecule has 0 amide bonds. The highest BCUT2D eigenvalue weighted by atomic mass is 14.8. The molecule has 1 nitrogen and oxygen atoms in total. The first-order chi connectivity index (χ1) is 6.24. The fraction of sp³-hybridized carbons (Fsp3) is 0.500. The summed E-state index contributed by atoms with van der Waals surface area (Å²) in [6.07, 6.45) is 4.70. The van der Waals surface area contributed by atoms with Crippen LogP contribution in [0.4, 0.5) is 0 Å². The van der Waals surface area contributed by atoms with Gasteiger partial charge in [0.2, 0.25) is 0 Å². The Hall–Kier alpha value is -0.820. The van der Waals surface area contributed by atoms with Crippen molar-refractivity contribution in [2.24, 2.45) is 5.73 Å². The Labute approximate surface area is 80.0 Å². The molecular formula is C12H17N. The second-order valence-corrected chi connectivity index (χ2v) is 4.06. The van der Waals surface area contributed by atoms with Gasteiger partial charge >= 0.3 is 0 Å². The van der Waals surface area contributed by atoms with Gasteiger partial charge in [-0.1, -0.05) is 31.2 Å². The number of hydrogen-bond donors (Lipinski definition) is 1. The van der Waals surface area contributed by atoms with Gasteiger partial charge in [-0.05, 0) is 36.8 Å². The number of aryl methyl sites for hydroxylation is 1. The van der Waals surface area contributed by atoms with Crippen LogP contribution >= 0.6 is 0 Å². The van der Waals surface area contributed by atoms with Gasteiger partial charge in [-0.25, -0.2) is 0 Å². The summed E-state index contributed by atoms with van der Waals surface area (Å²) in [6, 6.07) is 8.78. The Morgan fingerprint density at radius 1 is 1.23 bits per heavy atom. The molecule has 0 heterocycles. The molecule has 1 aromatic carbocycles. The van der Waals surface area contributed by atoms with Crippen LogP contribution in [0.2, 0.25) is 0 Å². The van der Waals surface area contributed by atoms with Crippen molar-refractivity contribution in [2.45, 2.75) is 38.1 Å². The maximum atomic E-state index is 6.22. The molecule has 0 saturated heterocycles. The van der Waals surface area contributed by atoms with Gasteiger partial charge in [0.1, 0.15) is 0 Å². The van der Waals surface area contributed by atoms with E-state index in [4.69, 9.17) is 5.73 Å². The molecule has 1 aromatic rings. The lowest BCUT2D eigenvalue weighted by Crippen LogP contribution is -2.43. The summed E-state index contributed by atoms with van der Waals surface area (Å²) in [7, 11) is 0. The van der Waals surface area contributed by atoms with Crippen LogP contribution in [0.3, 0.4) is 0 Å². The van der Waals surface area contributed by atoms with Crippen LogP contribution in [0.15, 0.2) is 24.3 Å². The maximum absolute atomic E-state index is 6.22. The molecule has 1 aliphatic carbocycles. The molecule has 0 unspecified atom stereocenters. The molecular weight excluding hydrogens is 158 g/mol. The van der Waals surface area contributed by atoms with E-state index in [1.807, 2.05) is 0 Å². The molecule has 0 aliphatic heterocycles. The van der Waals surface area contributed by atoms with Gasteiger partial charge in [0.15, 0.2) is 0 Å². The fourth-order valence-electron chi connectivity index (χ4n) is 1.92. The quantitative estimate of drug-likeness (QED) is 0.734. The van der Waals surface area contributed by atoms with Gasteiger partial charge in [-0.3, -0.25) is 0 Å². The predicted octanol–water partition coefficient (Wildman–Crippen LogP) is 2.59.